The number of benzene rings is 1. The van der Waals surface area contributed by atoms with Gasteiger partial charge in [-0.05, 0) is 58.2 Å². The first-order valence-electron chi connectivity index (χ1n) is 9.20. The third-order valence-electron chi connectivity index (χ3n) is 4.38. The van der Waals surface area contributed by atoms with Crippen LogP contribution in [0.1, 0.15) is 46.1 Å². The van der Waals surface area contributed by atoms with Crippen molar-refractivity contribution in [2.24, 2.45) is 5.92 Å². The highest BCUT2D eigenvalue weighted by Gasteiger charge is 2.32. The Hall–Kier alpha value is -2.11. The summed E-state index contributed by atoms with van der Waals surface area (Å²) < 4.78 is 18.8. The fraction of sp³-hybridized carbons (Fsp3) is 0.600. The maximum Gasteiger partial charge on any atom is 0.410 e. The molecule has 5 nitrogen and oxygen atoms in total. The van der Waals surface area contributed by atoms with E-state index in [2.05, 4.69) is 0 Å². The van der Waals surface area contributed by atoms with Crippen LogP contribution in [-0.2, 0) is 16.1 Å². The summed E-state index contributed by atoms with van der Waals surface area (Å²) in [5.41, 5.74) is 0.209. The van der Waals surface area contributed by atoms with E-state index in [0.29, 0.717) is 26.2 Å². The Morgan fingerprint density at radius 3 is 2.69 bits per heavy atom. The number of rotatable bonds is 4. The summed E-state index contributed by atoms with van der Waals surface area (Å²) in [4.78, 5) is 28.6. The first-order chi connectivity index (χ1) is 12.2. The highest BCUT2D eigenvalue weighted by atomic mass is 19.1. The fourth-order valence-electron chi connectivity index (χ4n) is 3.13. The topological polar surface area (TPSA) is 49.9 Å². The van der Waals surface area contributed by atoms with Crippen molar-refractivity contribution in [3.63, 3.8) is 0 Å². The SMILES string of the molecule is CCN(Cc1cccc(F)c1)C(=O)C1CCCN(C(=O)OC(C)(C)C)C1. The molecule has 1 aliphatic heterocycles. The third kappa shape index (κ3) is 5.71. The standard InChI is InChI=1S/C20H29FN2O3/c1-5-22(13-15-8-6-10-17(21)12-15)18(24)16-9-7-11-23(14-16)19(25)26-20(2,3)4/h6,8,10,12,16H,5,7,9,11,13-14H2,1-4H3. The zero-order valence-electron chi connectivity index (χ0n) is 16.1. The smallest absolute Gasteiger partial charge is 0.410 e. The van der Waals surface area contributed by atoms with Gasteiger partial charge >= 0.3 is 6.09 Å². The van der Waals surface area contributed by atoms with Crippen LogP contribution in [0.25, 0.3) is 0 Å². The molecule has 2 rings (SSSR count). The van der Waals surface area contributed by atoms with E-state index in [1.807, 2.05) is 33.8 Å². The van der Waals surface area contributed by atoms with E-state index in [-0.39, 0.29) is 23.7 Å². The highest BCUT2D eigenvalue weighted by Crippen LogP contribution is 2.22. The number of piperidine rings is 1. The van der Waals surface area contributed by atoms with Gasteiger partial charge in [-0.15, -0.1) is 0 Å². The average Bonchev–Trinajstić information content (AvgIpc) is 2.58. The molecule has 0 N–H and O–H groups in total. The summed E-state index contributed by atoms with van der Waals surface area (Å²) >= 11 is 0. The number of ether oxygens (including phenoxy) is 1. The van der Waals surface area contributed by atoms with Gasteiger partial charge in [0, 0.05) is 26.2 Å². The molecule has 1 fully saturated rings. The molecule has 144 valence electrons. The van der Waals surface area contributed by atoms with E-state index in [1.165, 1.54) is 12.1 Å². The first kappa shape index (κ1) is 20.2. The summed E-state index contributed by atoms with van der Waals surface area (Å²) in [6, 6.07) is 6.30. The van der Waals surface area contributed by atoms with Gasteiger partial charge in [0.25, 0.3) is 0 Å². The van der Waals surface area contributed by atoms with Crippen molar-refractivity contribution in [1.29, 1.82) is 0 Å². The number of carbonyl (C=O) groups excluding carboxylic acids is 2. The van der Waals surface area contributed by atoms with Gasteiger partial charge in [-0.2, -0.15) is 0 Å². The number of halogens is 1. The Bertz CT molecular complexity index is 642. The van der Waals surface area contributed by atoms with E-state index in [0.717, 1.165) is 18.4 Å². The van der Waals surface area contributed by atoms with Crippen LogP contribution in [-0.4, -0.2) is 47.0 Å². The average molecular weight is 364 g/mol. The minimum absolute atomic E-state index is 0.00465. The quantitative estimate of drug-likeness (QED) is 0.816. The maximum atomic E-state index is 13.4. The second-order valence-electron chi connectivity index (χ2n) is 7.75. The Kier molecular flexibility index (Phi) is 6.62. The lowest BCUT2D eigenvalue weighted by Gasteiger charge is -2.35. The Morgan fingerprint density at radius 2 is 2.08 bits per heavy atom. The van der Waals surface area contributed by atoms with Crippen LogP contribution in [0.2, 0.25) is 0 Å². The van der Waals surface area contributed by atoms with Crippen molar-refractivity contribution in [3.8, 4) is 0 Å². The lowest BCUT2D eigenvalue weighted by Crippen LogP contribution is -2.47. The second-order valence-corrected chi connectivity index (χ2v) is 7.75. The summed E-state index contributed by atoms with van der Waals surface area (Å²) in [5, 5.41) is 0. The number of likely N-dealkylation sites (tertiary alicyclic amines) is 1. The van der Waals surface area contributed by atoms with Crippen LogP contribution in [0.3, 0.4) is 0 Å². The van der Waals surface area contributed by atoms with Crippen molar-refractivity contribution >= 4 is 12.0 Å². The van der Waals surface area contributed by atoms with Crippen molar-refractivity contribution in [2.75, 3.05) is 19.6 Å². The van der Waals surface area contributed by atoms with Gasteiger partial charge in [0.05, 0.1) is 5.92 Å². The molecule has 1 saturated heterocycles. The van der Waals surface area contributed by atoms with Crippen molar-refractivity contribution < 1.29 is 18.7 Å². The van der Waals surface area contributed by atoms with Gasteiger partial charge < -0.3 is 14.5 Å². The van der Waals surface area contributed by atoms with Crippen molar-refractivity contribution in [1.82, 2.24) is 9.80 Å². The first-order valence-corrected chi connectivity index (χ1v) is 9.20. The molecule has 1 aromatic carbocycles. The molecule has 1 aliphatic rings. The molecule has 0 aliphatic carbocycles. The highest BCUT2D eigenvalue weighted by molar-refractivity contribution is 5.80. The predicted molar refractivity (Wildman–Crippen MR) is 98.0 cm³/mol. The van der Waals surface area contributed by atoms with E-state index in [4.69, 9.17) is 4.74 Å². The fourth-order valence-corrected chi connectivity index (χ4v) is 3.13. The molecular formula is C20H29FN2O3. The molecule has 26 heavy (non-hydrogen) atoms. The second kappa shape index (κ2) is 8.52. The number of hydrogen-bond donors (Lipinski definition) is 0. The van der Waals surface area contributed by atoms with E-state index < -0.39 is 5.60 Å². The third-order valence-corrected chi connectivity index (χ3v) is 4.38. The molecule has 0 saturated carbocycles. The molecule has 0 bridgehead atoms. The van der Waals surface area contributed by atoms with Crippen LogP contribution in [0.5, 0.6) is 0 Å². The zero-order chi connectivity index (χ0) is 19.3. The number of hydrogen-bond acceptors (Lipinski definition) is 3. The molecule has 1 heterocycles. The van der Waals surface area contributed by atoms with Gasteiger partial charge in [-0.25, -0.2) is 9.18 Å². The summed E-state index contributed by atoms with van der Waals surface area (Å²) in [7, 11) is 0. The van der Waals surface area contributed by atoms with Crippen LogP contribution in [0.15, 0.2) is 24.3 Å². The van der Waals surface area contributed by atoms with Gasteiger partial charge in [0.1, 0.15) is 11.4 Å². The normalized spacial score (nSPS) is 17.7. The number of carbonyl (C=O) groups is 2. The van der Waals surface area contributed by atoms with Crippen molar-refractivity contribution in [3.05, 3.63) is 35.6 Å². The largest absolute Gasteiger partial charge is 0.444 e. The van der Waals surface area contributed by atoms with Crippen LogP contribution in [0, 0.1) is 11.7 Å². The molecule has 6 heteroatoms. The minimum atomic E-state index is -0.555. The Labute approximate surface area is 155 Å². The molecule has 1 atom stereocenters. The lowest BCUT2D eigenvalue weighted by molar-refractivity contribution is -0.137. The number of nitrogens with zero attached hydrogens (tertiary/aromatic N) is 2. The molecule has 2 amide bonds. The molecule has 0 radical (unpaired) electrons. The van der Waals surface area contributed by atoms with E-state index >= 15 is 0 Å². The van der Waals surface area contributed by atoms with Gasteiger partial charge in [0.15, 0.2) is 0 Å². The summed E-state index contributed by atoms with van der Waals surface area (Å²) in [6.45, 7) is 9.28. The van der Waals surface area contributed by atoms with Gasteiger partial charge in [-0.1, -0.05) is 12.1 Å². The van der Waals surface area contributed by atoms with Crippen LogP contribution in [0.4, 0.5) is 9.18 Å². The van der Waals surface area contributed by atoms with Gasteiger partial charge in [-0.3, -0.25) is 4.79 Å². The Balaban J connectivity index is 2.01. The van der Waals surface area contributed by atoms with Crippen LogP contribution >= 0.6 is 0 Å². The van der Waals surface area contributed by atoms with E-state index in [1.54, 1.807) is 15.9 Å². The zero-order valence-corrected chi connectivity index (χ0v) is 16.1. The lowest BCUT2D eigenvalue weighted by atomic mass is 9.96. The molecule has 1 unspecified atom stereocenters. The van der Waals surface area contributed by atoms with E-state index in [9.17, 15) is 14.0 Å². The molecule has 0 aromatic heterocycles. The monoisotopic (exact) mass is 364 g/mol. The number of amides is 2. The van der Waals surface area contributed by atoms with Crippen LogP contribution < -0.4 is 0 Å². The predicted octanol–water partition coefficient (Wildman–Crippen LogP) is 3.82. The Morgan fingerprint density at radius 1 is 1.35 bits per heavy atom. The van der Waals surface area contributed by atoms with Crippen molar-refractivity contribution in [2.45, 2.75) is 52.7 Å². The summed E-state index contributed by atoms with van der Waals surface area (Å²) in [6.07, 6.45) is 1.15. The summed E-state index contributed by atoms with van der Waals surface area (Å²) in [5.74, 6) is -0.547. The van der Waals surface area contributed by atoms with Gasteiger partial charge in [0.2, 0.25) is 5.91 Å². The molecule has 0 spiro atoms. The molecular weight excluding hydrogens is 335 g/mol. The minimum Gasteiger partial charge on any atom is -0.444 e. The maximum absolute atomic E-state index is 13.4. The molecule has 1 aromatic rings.